The van der Waals surface area contributed by atoms with Crippen LogP contribution in [0, 0.1) is 0 Å². The van der Waals surface area contributed by atoms with Crippen molar-refractivity contribution in [1.82, 2.24) is 5.32 Å². The number of para-hydroxylation sites is 2. The molecule has 1 aromatic heterocycles. The highest BCUT2D eigenvalue weighted by Crippen LogP contribution is 2.29. The second-order valence-corrected chi connectivity index (χ2v) is 5.97. The molecule has 2 aromatic rings. The average Bonchev–Trinajstić information content (AvgIpc) is 3.09. The molecule has 0 unspecified atom stereocenters. The highest BCUT2D eigenvalue weighted by molar-refractivity contribution is 14.0. The molecule has 0 aliphatic heterocycles. The molecule has 1 heterocycles. The highest BCUT2D eigenvalue weighted by atomic mass is 127. The van der Waals surface area contributed by atoms with Gasteiger partial charge in [0.2, 0.25) is 0 Å². The number of benzene rings is 1. The minimum Gasteiger partial charge on any atom is -0.404 e. The quantitative estimate of drug-likeness (QED) is 0.227. The van der Waals surface area contributed by atoms with E-state index in [0.29, 0.717) is 24.4 Å². The summed E-state index contributed by atoms with van der Waals surface area (Å²) in [6.07, 6.45) is -4.27. The molecule has 4 N–H and O–H groups in total. The number of nitrogens with two attached hydrogens (primary N) is 1. The largest absolute Gasteiger partial charge is 0.573 e. The first-order chi connectivity index (χ1) is 12.3. The number of ether oxygens (including phenoxy) is 1. The summed E-state index contributed by atoms with van der Waals surface area (Å²) < 4.78 is 41.0. The Hall–Kier alpha value is -2.02. The lowest BCUT2D eigenvalue weighted by atomic mass is 10.3. The van der Waals surface area contributed by atoms with E-state index >= 15 is 0 Å². The number of thiophene rings is 1. The molecular weight excluding hydrogens is 496 g/mol. The fourth-order valence-electron chi connectivity index (χ4n) is 1.94. The van der Waals surface area contributed by atoms with Gasteiger partial charge in [-0.2, -0.15) is 0 Å². The predicted molar refractivity (Wildman–Crippen MR) is 110 cm³/mol. The molecule has 0 spiro atoms. The molecule has 2 rings (SSSR count). The average molecular weight is 514 g/mol. The van der Waals surface area contributed by atoms with Crippen LogP contribution in [0.5, 0.6) is 5.75 Å². The van der Waals surface area contributed by atoms with Crippen LogP contribution in [0.1, 0.15) is 16.1 Å². The summed E-state index contributed by atoms with van der Waals surface area (Å²) in [6.45, 7) is 0.702. The van der Waals surface area contributed by atoms with E-state index in [2.05, 4.69) is 20.4 Å². The van der Waals surface area contributed by atoms with Crippen molar-refractivity contribution in [3.8, 4) is 5.75 Å². The lowest BCUT2D eigenvalue weighted by Crippen LogP contribution is -2.26. The standard InChI is InChI=1S/C16H17F3N4O2S.HI/c17-16(18,19)25-12-6-2-1-5-11(12)23-15(20)22-9-4-8-21-14(24)13-7-3-10-26-13;/h1-3,5-7,10H,4,8-9H2,(H,21,24)(H3,20,22,23);1H. The molecule has 11 heteroatoms. The van der Waals surface area contributed by atoms with Crippen molar-refractivity contribution in [1.29, 1.82) is 0 Å². The van der Waals surface area contributed by atoms with E-state index < -0.39 is 12.1 Å². The number of nitrogens with one attached hydrogen (secondary N) is 2. The van der Waals surface area contributed by atoms with Gasteiger partial charge in [0.1, 0.15) is 0 Å². The summed E-state index contributed by atoms with van der Waals surface area (Å²) in [5, 5.41) is 7.12. The summed E-state index contributed by atoms with van der Waals surface area (Å²) >= 11 is 1.34. The van der Waals surface area contributed by atoms with Crippen LogP contribution in [0.15, 0.2) is 46.8 Å². The number of halogens is 4. The van der Waals surface area contributed by atoms with Crippen LogP contribution in [0.4, 0.5) is 18.9 Å². The number of anilines is 1. The molecule has 0 saturated carbocycles. The zero-order chi connectivity index (χ0) is 19.0. The molecule has 1 amide bonds. The van der Waals surface area contributed by atoms with Crippen LogP contribution >= 0.6 is 35.3 Å². The van der Waals surface area contributed by atoms with Crippen molar-refractivity contribution in [3.05, 3.63) is 46.7 Å². The number of hydrogen-bond donors (Lipinski definition) is 3. The maximum Gasteiger partial charge on any atom is 0.573 e. The number of nitrogens with zero attached hydrogens (tertiary/aromatic N) is 1. The minimum atomic E-state index is -4.80. The number of aliphatic imine (C=N–C) groups is 1. The molecule has 0 aliphatic carbocycles. The third-order valence-corrected chi connectivity index (χ3v) is 3.89. The Morgan fingerprint density at radius 3 is 2.63 bits per heavy atom. The first-order valence-corrected chi connectivity index (χ1v) is 8.46. The van der Waals surface area contributed by atoms with Crippen LogP contribution in [0.2, 0.25) is 0 Å². The van der Waals surface area contributed by atoms with Gasteiger partial charge in [0.05, 0.1) is 10.6 Å². The Bertz CT molecular complexity index is 754. The fourth-order valence-corrected chi connectivity index (χ4v) is 2.58. The van der Waals surface area contributed by atoms with Crippen LogP contribution in [0.3, 0.4) is 0 Å². The van der Waals surface area contributed by atoms with Gasteiger partial charge >= 0.3 is 6.36 Å². The van der Waals surface area contributed by atoms with Gasteiger partial charge < -0.3 is 21.1 Å². The van der Waals surface area contributed by atoms with Crippen LogP contribution in [-0.2, 0) is 0 Å². The van der Waals surface area contributed by atoms with Crippen LogP contribution in [0.25, 0.3) is 0 Å². The van der Waals surface area contributed by atoms with E-state index in [1.54, 1.807) is 18.2 Å². The molecule has 6 nitrogen and oxygen atoms in total. The number of rotatable bonds is 7. The monoisotopic (exact) mass is 514 g/mol. The number of carbonyl (C=O) groups is 1. The van der Waals surface area contributed by atoms with Gasteiger partial charge in [-0.1, -0.05) is 18.2 Å². The van der Waals surface area contributed by atoms with Gasteiger partial charge in [0.25, 0.3) is 5.91 Å². The Balaban J connectivity index is 0.00000364. The van der Waals surface area contributed by atoms with E-state index in [1.807, 2.05) is 5.38 Å². The highest BCUT2D eigenvalue weighted by Gasteiger charge is 2.32. The number of amides is 1. The Morgan fingerprint density at radius 2 is 1.96 bits per heavy atom. The molecule has 0 bridgehead atoms. The van der Waals surface area contributed by atoms with Crippen LogP contribution < -0.4 is 21.1 Å². The van der Waals surface area contributed by atoms with Crippen molar-refractivity contribution < 1.29 is 22.7 Å². The van der Waals surface area contributed by atoms with E-state index in [-0.39, 0.29) is 41.5 Å². The Morgan fingerprint density at radius 1 is 1.22 bits per heavy atom. The Labute approximate surface area is 175 Å². The SMILES string of the molecule is I.NC(=NCCCNC(=O)c1cccs1)Nc1ccccc1OC(F)(F)F. The van der Waals surface area contributed by atoms with E-state index in [1.165, 1.54) is 29.5 Å². The molecular formula is C16H18F3IN4O2S. The van der Waals surface area contributed by atoms with Gasteiger partial charge in [0, 0.05) is 13.1 Å². The van der Waals surface area contributed by atoms with E-state index in [0.717, 1.165) is 0 Å². The molecule has 148 valence electrons. The van der Waals surface area contributed by atoms with Gasteiger partial charge in [-0.25, -0.2) is 0 Å². The van der Waals surface area contributed by atoms with Gasteiger partial charge in [-0.05, 0) is 30.0 Å². The molecule has 0 radical (unpaired) electrons. The van der Waals surface area contributed by atoms with Crippen molar-refractivity contribution in [2.75, 3.05) is 18.4 Å². The molecule has 0 atom stereocenters. The lowest BCUT2D eigenvalue weighted by Gasteiger charge is -2.14. The number of guanidine groups is 1. The maximum atomic E-state index is 12.4. The van der Waals surface area contributed by atoms with Gasteiger partial charge in [0.15, 0.2) is 11.7 Å². The smallest absolute Gasteiger partial charge is 0.404 e. The summed E-state index contributed by atoms with van der Waals surface area (Å²) in [4.78, 5) is 16.4. The van der Waals surface area contributed by atoms with E-state index in [9.17, 15) is 18.0 Å². The molecule has 0 aliphatic rings. The molecule has 0 saturated heterocycles. The van der Waals surface area contributed by atoms with Crippen molar-refractivity contribution in [3.63, 3.8) is 0 Å². The zero-order valence-electron chi connectivity index (χ0n) is 14.0. The first kappa shape index (κ1) is 23.0. The number of hydrogen-bond acceptors (Lipinski definition) is 4. The van der Waals surface area contributed by atoms with E-state index in [4.69, 9.17) is 5.73 Å². The molecule has 1 aromatic carbocycles. The van der Waals surface area contributed by atoms with Gasteiger partial charge in [-0.15, -0.1) is 48.5 Å². The number of alkyl halides is 3. The molecule has 27 heavy (non-hydrogen) atoms. The molecule has 0 fully saturated rings. The lowest BCUT2D eigenvalue weighted by molar-refractivity contribution is -0.274. The third kappa shape index (κ3) is 8.47. The summed E-state index contributed by atoms with van der Waals surface area (Å²) in [5.41, 5.74) is 5.73. The van der Waals surface area contributed by atoms with Crippen molar-refractivity contribution >= 4 is 52.9 Å². The van der Waals surface area contributed by atoms with Gasteiger partial charge in [-0.3, -0.25) is 9.79 Å². The van der Waals surface area contributed by atoms with Crippen molar-refractivity contribution in [2.45, 2.75) is 12.8 Å². The predicted octanol–water partition coefficient (Wildman–Crippen LogP) is 3.81. The topological polar surface area (TPSA) is 88.7 Å². The first-order valence-electron chi connectivity index (χ1n) is 7.58. The minimum absolute atomic E-state index is 0. The van der Waals surface area contributed by atoms with Crippen molar-refractivity contribution in [2.24, 2.45) is 10.7 Å². The normalized spacial score (nSPS) is 11.4. The second-order valence-electron chi connectivity index (χ2n) is 5.02. The summed E-state index contributed by atoms with van der Waals surface area (Å²) in [5.74, 6) is -0.609. The second kappa shape index (κ2) is 11.0. The maximum absolute atomic E-state index is 12.4. The Kier molecular flexibility index (Phi) is 9.35. The third-order valence-electron chi connectivity index (χ3n) is 3.02. The fraction of sp³-hybridized carbons (Fsp3) is 0.250. The zero-order valence-corrected chi connectivity index (χ0v) is 17.1. The summed E-state index contributed by atoms with van der Waals surface area (Å²) in [7, 11) is 0. The summed E-state index contributed by atoms with van der Waals surface area (Å²) in [6, 6.07) is 9.03. The number of carbonyl (C=O) groups excluding carboxylic acids is 1. The van der Waals surface area contributed by atoms with Crippen LogP contribution in [-0.4, -0.2) is 31.3 Å².